The smallest absolute Gasteiger partial charge is 0.231 e. The molecule has 20 heavy (non-hydrogen) atoms. The molecule has 1 fully saturated rings. The SMILES string of the molecule is O[C@H]1CC=C2CCN3Cc4cc5c(cc4[C@@H]1[C@H]23)OCO5. The predicted molar refractivity (Wildman–Crippen MR) is 72.8 cm³/mol. The van der Waals surface area contributed by atoms with Gasteiger partial charge in [0, 0.05) is 25.0 Å². The topological polar surface area (TPSA) is 41.9 Å². The Morgan fingerprint density at radius 1 is 1.20 bits per heavy atom. The first-order valence-electron chi connectivity index (χ1n) is 7.35. The number of ether oxygens (including phenoxy) is 2. The van der Waals surface area contributed by atoms with Gasteiger partial charge < -0.3 is 14.6 Å². The van der Waals surface area contributed by atoms with Gasteiger partial charge in [0.25, 0.3) is 0 Å². The van der Waals surface area contributed by atoms with Crippen molar-refractivity contribution in [1.29, 1.82) is 0 Å². The lowest BCUT2D eigenvalue weighted by Crippen LogP contribution is -2.45. The molecule has 4 nitrogen and oxygen atoms in total. The van der Waals surface area contributed by atoms with Crippen molar-refractivity contribution in [1.82, 2.24) is 4.90 Å². The molecule has 0 aromatic heterocycles. The van der Waals surface area contributed by atoms with E-state index in [1.807, 2.05) is 0 Å². The third-order valence-electron chi connectivity index (χ3n) is 5.20. The lowest BCUT2D eigenvalue weighted by molar-refractivity contribution is 0.0830. The molecule has 0 unspecified atom stereocenters. The largest absolute Gasteiger partial charge is 0.454 e. The van der Waals surface area contributed by atoms with E-state index >= 15 is 0 Å². The molecule has 104 valence electrons. The first-order chi connectivity index (χ1) is 9.81. The van der Waals surface area contributed by atoms with Crippen LogP contribution in [0.4, 0.5) is 0 Å². The number of fused-ring (bicyclic) bond motifs is 3. The van der Waals surface area contributed by atoms with Crippen molar-refractivity contribution < 1.29 is 14.6 Å². The molecule has 0 spiro atoms. The molecule has 1 saturated heterocycles. The second kappa shape index (κ2) is 3.77. The quantitative estimate of drug-likeness (QED) is 0.730. The zero-order valence-electron chi connectivity index (χ0n) is 11.2. The Morgan fingerprint density at radius 3 is 2.95 bits per heavy atom. The summed E-state index contributed by atoms with van der Waals surface area (Å²) in [7, 11) is 0. The van der Waals surface area contributed by atoms with Crippen molar-refractivity contribution in [2.45, 2.75) is 37.5 Å². The molecule has 3 heterocycles. The van der Waals surface area contributed by atoms with E-state index in [1.54, 1.807) is 0 Å². The van der Waals surface area contributed by atoms with E-state index in [1.165, 1.54) is 16.7 Å². The summed E-state index contributed by atoms with van der Waals surface area (Å²) in [5.74, 6) is 1.87. The number of benzene rings is 1. The second-order valence-corrected chi connectivity index (χ2v) is 6.18. The Morgan fingerprint density at radius 2 is 2.05 bits per heavy atom. The Kier molecular flexibility index (Phi) is 2.11. The van der Waals surface area contributed by atoms with Crippen LogP contribution in [0.15, 0.2) is 23.8 Å². The highest BCUT2D eigenvalue weighted by Gasteiger charge is 2.46. The van der Waals surface area contributed by atoms with E-state index in [-0.39, 0.29) is 12.0 Å². The van der Waals surface area contributed by atoms with E-state index < -0.39 is 0 Å². The zero-order chi connectivity index (χ0) is 13.3. The third kappa shape index (κ3) is 1.33. The highest BCUT2D eigenvalue weighted by molar-refractivity contribution is 5.53. The van der Waals surface area contributed by atoms with Crippen molar-refractivity contribution in [3.8, 4) is 11.5 Å². The molecule has 4 heteroatoms. The molecule has 0 saturated carbocycles. The van der Waals surface area contributed by atoms with Crippen LogP contribution in [0.3, 0.4) is 0 Å². The van der Waals surface area contributed by atoms with Gasteiger partial charge in [0.1, 0.15) is 0 Å². The number of aliphatic hydroxyl groups is 1. The van der Waals surface area contributed by atoms with Gasteiger partial charge in [-0.3, -0.25) is 4.90 Å². The van der Waals surface area contributed by atoms with Crippen LogP contribution in [0.2, 0.25) is 0 Å². The van der Waals surface area contributed by atoms with E-state index in [0.717, 1.165) is 37.4 Å². The predicted octanol–water partition coefficient (Wildman–Crippen LogP) is 1.78. The van der Waals surface area contributed by atoms with Crippen LogP contribution in [-0.2, 0) is 6.54 Å². The van der Waals surface area contributed by atoms with E-state index in [0.29, 0.717) is 12.8 Å². The van der Waals surface area contributed by atoms with Gasteiger partial charge >= 0.3 is 0 Å². The van der Waals surface area contributed by atoms with E-state index in [4.69, 9.17) is 9.47 Å². The van der Waals surface area contributed by atoms with Gasteiger partial charge in [-0.15, -0.1) is 0 Å². The van der Waals surface area contributed by atoms with Crippen LogP contribution in [0, 0.1) is 0 Å². The fourth-order valence-electron chi connectivity index (χ4n) is 4.32. The molecule has 3 atom stereocenters. The fraction of sp³-hybridized carbons (Fsp3) is 0.500. The lowest BCUT2D eigenvalue weighted by atomic mass is 9.74. The van der Waals surface area contributed by atoms with Gasteiger partial charge in [-0.05, 0) is 36.1 Å². The van der Waals surface area contributed by atoms with Crippen molar-refractivity contribution in [3.05, 3.63) is 34.9 Å². The number of hydrogen-bond acceptors (Lipinski definition) is 4. The standard InChI is InChI=1S/C16H17NO3/c18-12-2-1-9-3-4-17-7-10-5-13-14(20-8-19-13)6-11(10)15(12)16(9)17/h1,5-6,12,15-16,18H,2-4,7-8H2/t12-,15-,16-/m0/s1. The van der Waals surface area contributed by atoms with Crippen LogP contribution in [0.1, 0.15) is 29.9 Å². The summed E-state index contributed by atoms with van der Waals surface area (Å²) in [6, 6.07) is 4.60. The molecule has 0 amide bonds. The van der Waals surface area contributed by atoms with Gasteiger partial charge in [0.05, 0.1) is 6.10 Å². The first kappa shape index (κ1) is 11.2. The molecule has 1 aliphatic carbocycles. The van der Waals surface area contributed by atoms with Gasteiger partial charge in [-0.2, -0.15) is 0 Å². The van der Waals surface area contributed by atoms with Crippen molar-refractivity contribution in [2.75, 3.05) is 13.3 Å². The highest BCUT2D eigenvalue weighted by atomic mass is 16.7. The van der Waals surface area contributed by atoms with Gasteiger partial charge in [0.2, 0.25) is 6.79 Å². The minimum absolute atomic E-state index is 0.191. The van der Waals surface area contributed by atoms with Gasteiger partial charge in [-0.1, -0.05) is 11.6 Å². The minimum atomic E-state index is -0.288. The van der Waals surface area contributed by atoms with Crippen LogP contribution in [-0.4, -0.2) is 35.5 Å². The lowest BCUT2D eigenvalue weighted by Gasteiger charge is -2.43. The van der Waals surface area contributed by atoms with Crippen LogP contribution in [0.25, 0.3) is 0 Å². The molecular formula is C16H17NO3. The molecular weight excluding hydrogens is 254 g/mol. The number of hydrogen-bond donors (Lipinski definition) is 1. The summed E-state index contributed by atoms with van der Waals surface area (Å²) in [6.45, 7) is 2.37. The Labute approximate surface area is 117 Å². The van der Waals surface area contributed by atoms with Crippen LogP contribution in [0.5, 0.6) is 11.5 Å². The van der Waals surface area contributed by atoms with Crippen molar-refractivity contribution in [3.63, 3.8) is 0 Å². The zero-order valence-corrected chi connectivity index (χ0v) is 11.2. The second-order valence-electron chi connectivity index (χ2n) is 6.18. The Bertz CT molecular complexity index is 624. The Balaban J connectivity index is 1.70. The molecule has 1 aromatic rings. The maximum atomic E-state index is 10.5. The Hall–Kier alpha value is -1.52. The molecule has 4 aliphatic rings. The number of aliphatic hydroxyl groups excluding tert-OH is 1. The minimum Gasteiger partial charge on any atom is -0.454 e. The van der Waals surface area contributed by atoms with Gasteiger partial charge in [-0.25, -0.2) is 0 Å². The number of rotatable bonds is 0. The van der Waals surface area contributed by atoms with E-state index in [2.05, 4.69) is 23.1 Å². The molecule has 0 bridgehead atoms. The van der Waals surface area contributed by atoms with Crippen LogP contribution < -0.4 is 9.47 Å². The summed E-state index contributed by atoms with van der Waals surface area (Å²) in [4.78, 5) is 2.50. The van der Waals surface area contributed by atoms with Crippen molar-refractivity contribution >= 4 is 0 Å². The normalized spacial score (nSPS) is 33.6. The summed E-state index contributed by atoms with van der Waals surface area (Å²) in [5, 5.41) is 10.5. The van der Waals surface area contributed by atoms with Crippen LogP contribution >= 0.6 is 0 Å². The summed E-state index contributed by atoms with van der Waals surface area (Å²) in [5.41, 5.74) is 4.07. The maximum Gasteiger partial charge on any atom is 0.231 e. The average Bonchev–Trinajstić information content (AvgIpc) is 3.06. The van der Waals surface area contributed by atoms with E-state index in [9.17, 15) is 5.11 Å². The van der Waals surface area contributed by atoms with Gasteiger partial charge in [0.15, 0.2) is 11.5 Å². The summed E-state index contributed by atoms with van der Waals surface area (Å²) < 4.78 is 11.0. The molecule has 3 aliphatic heterocycles. The molecule has 0 radical (unpaired) electrons. The number of nitrogens with zero attached hydrogens (tertiary/aromatic N) is 1. The molecule has 5 rings (SSSR count). The first-order valence-corrected chi connectivity index (χ1v) is 7.35. The molecule has 1 aromatic carbocycles. The summed E-state index contributed by atoms with van der Waals surface area (Å²) >= 11 is 0. The summed E-state index contributed by atoms with van der Waals surface area (Å²) in [6.07, 6.45) is 3.89. The molecule has 1 N–H and O–H groups in total. The van der Waals surface area contributed by atoms with Crippen molar-refractivity contribution in [2.24, 2.45) is 0 Å². The highest BCUT2D eigenvalue weighted by Crippen LogP contribution is 2.49. The fourth-order valence-corrected chi connectivity index (χ4v) is 4.32. The average molecular weight is 271 g/mol. The maximum absolute atomic E-state index is 10.5. The third-order valence-corrected chi connectivity index (χ3v) is 5.20. The monoisotopic (exact) mass is 271 g/mol.